The summed E-state index contributed by atoms with van der Waals surface area (Å²) in [6, 6.07) is 0.822. The summed E-state index contributed by atoms with van der Waals surface area (Å²) in [6.45, 7) is 6.67. The van der Waals surface area contributed by atoms with Crippen molar-refractivity contribution < 1.29 is 4.74 Å². The van der Waals surface area contributed by atoms with Gasteiger partial charge in [-0.25, -0.2) is 0 Å². The molecule has 0 bridgehead atoms. The predicted molar refractivity (Wildman–Crippen MR) is 52.9 cm³/mol. The van der Waals surface area contributed by atoms with Gasteiger partial charge in [-0.1, -0.05) is 0 Å². The smallest absolute Gasteiger partial charge is 0.0593 e. The molecule has 2 rings (SSSR count). The van der Waals surface area contributed by atoms with Gasteiger partial charge in [-0.2, -0.15) is 0 Å². The molecule has 76 valence electrons. The van der Waals surface area contributed by atoms with Crippen LogP contribution in [-0.2, 0) is 4.74 Å². The van der Waals surface area contributed by atoms with Gasteiger partial charge in [0.2, 0.25) is 0 Å². The molecule has 0 saturated carbocycles. The van der Waals surface area contributed by atoms with Crippen molar-refractivity contribution in [1.29, 1.82) is 0 Å². The predicted octanol–water partition coefficient (Wildman–Crippen LogP) is 0.461. The summed E-state index contributed by atoms with van der Waals surface area (Å²) < 4.78 is 5.46. The maximum atomic E-state index is 5.46. The molecular weight excluding hydrogens is 164 g/mol. The van der Waals surface area contributed by atoms with Crippen LogP contribution in [0.5, 0.6) is 0 Å². The molecule has 0 amide bonds. The molecule has 1 N–H and O–H groups in total. The third-order valence-electron chi connectivity index (χ3n) is 3.08. The lowest BCUT2D eigenvalue weighted by molar-refractivity contribution is 0.123. The zero-order chi connectivity index (χ0) is 8.93. The van der Waals surface area contributed by atoms with Crippen molar-refractivity contribution >= 4 is 0 Å². The molecule has 2 aliphatic heterocycles. The number of hydrogen-bond acceptors (Lipinski definition) is 3. The van der Waals surface area contributed by atoms with Crippen molar-refractivity contribution in [2.24, 2.45) is 0 Å². The van der Waals surface area contributed by atoms with E-state index in [9.17, 15) is 0 Å². The summed E-state index contributed by atoms with van der Waals surface area (Å²) in [4.78, 5) is 2.62. The van der Waals surface area contributed by atoms with Gasteiger partial charge in [0, 0.05) is 25.7 Å². The Labute approximate surface area is 80.4 Å². The second kappa shape index (κ2) is 4.94. The van der Waals surface area contributed by atoms with Crippen molar-refractivity contribution in [3.05, 3.63) is 0 Å². The highest BCUT2D eigenvalue weighted by Gasteiger charge is 2.21. The van der Waals surface area contributed by atoms with Crippen LogP contribution in [0.1, 0.15) is 19.3 Å². The van der Waals surface area contributed by atoms with Gasteiger partial charge in [-0.3, -0.25) is 4.90 Å². The van der Waals surface area contributed by atoms with Crippen molar-refractivity contribution in [3.63, 3.8) is 0 Å². The van der Waals surface area contributed by atoms with Crippen LogP contribution >= 0.6 is 0 Å². The Balaban J connectivity index is 1.82. The topological polar surface area (TPSA) is 24.5 Å². The fraction of sp³-hybridized carbons (Fsp3) is 1.00. The van der Waals surface area contributed by atoms with Crippen LogP contribution in [0.25, 0.3) is 0 Å². The zero-order valence-electron chi connectivity index (χ0n) is 8.30. The highest BCUT2D eigenvalue weighted by atomic mass is 16.5. The van der Waals surface area contributed by atoms with Crippen LogP contribution < -0.4 is 5.32 Å². The van der Waals surface area contributed by atoms with E-state index in [-0.39, 0.29) is 0 Å². The van der Waals surface area contributed by atoms with Gasteiger partial charge in [0.1, 0.15) is 0 Å². The summed E-state index contributed by atoms with van der Waals surface area (Å²) in [5.41, 5.74) is 0. The lowest BCUT2D eigenvalue weighted by Gasteiger charge is -2.33. The highest BCUT2D eigenvalue weighted by molar-refractivity contribution is 4.78. The fourth-order valence-electron chi connectivity index (χ4n) is 2.30. The average molecular weight is 184 g/mol. The van der Waals surface area contributed by atoms with Crippen LogP contribution in [0.2, 0.25) is 0 Å². The molecule has 0 radical (unpaired) electrons. The second-order valence-electron chi connectivity index (χ2n) is 3.98. The third-order valence-corrected chi connectivity index (χ3v) is 3.08. The van der Waals surface area contributed by atoms with Gasteiger partial charge in [0.25, 0.3) is 0 Å². The van der Waals surface area contributed by atoms with E-state index < -0.39 is 0 Å². The molecule has 13 heavy (non-hydrogen) atoms. The molecule has 0 unspecified atom stereocenters. The number of piperidine rings is 1. The molecule has 0 aromatic heterocycles. The number of hydrogen-bond donors (Lipinski definition) is 1. The Morgan fingerprint density at radius 1 is 1.08 bits per heavy atom. The van der Waals surface area contributed by atoms with Gasteiger partial charge in [0.05, 0.1) is 6.61 Å². The summed E-state index contributed by atoms with van der Waals surface area (Å²) in [5.74, 6) is 0. The number of ether oxygens (including phenoxy) is 1. The van der Waals surface area contributed by atoms with Gasteiger partial charge >= 0.3 is 0 Å². The van der Waals surface area contributed by atoms with Crippen molar-refractivity contribution in [3.8, 4) is 0 Å². The van der Waals surface area contributed by atoms with E-state index >= 15 is 0 Å². The lowest BCUT2D eigenvalue weighted by Crippen LogP contribution is -2.44. The largest absolute Gasteiger partial charge is 0.380 e. The Kier molecular flexibility index (Phi) is 3.58. The van der Waals surface area contributed by atoms with Crippen molar-refractivity contribution in [1.82, 2.24) is 10.2 Å². The third kappa shape index (κ3) is 2.66. The van der Waals surface area contributed by atoms with Gasteiger partial charge in [0.15, 0.2) is 0 Å². The summed E-state index contributed by atoms with van der Waals surface area (Å²) in [7, 11) is 0. The number of rotatable bonds is 1. The van der Waals surface area contributed by atoms with Crippen molar-refractivity contribution in [2.45, 2.75) is 25.3 Å². The van der Waals surface area contributed by atoms with Crippen LogP contribution in [0.4, 0.5) is 0 Å². The molecule has 0 atom stereocenters. The summed E-state index contributed by atoms with van der Waals surface area (Å²) >= 11 is 0. The Morgan fingerprint density at radius 3 is 2.77 bits per heavy atom. The van der Waals surface area contributed by atoms with E-state index in [2.05, 4.69) is 10.2 Å². The molecule has 3 heteroatoms. The Hall–Kier alpha value is -0.120. The normalized spacial score (nSPS) is 28.6. The van der Waals surface area contributed by atoms with Gasteiger partial charge < -0.3 is 10.1 Å². The van der Waals surface area contributed by atoms with E-state index in [0.29, 0.717) is 0 Å². The Bertz CT molecular complexity index is 138. The highest BCUT2D eigenvalue weighted by Crippen LogP contribution is 2.13. The first-order valence-electron chi connectivity index (χ1n) is 5.49. The van der Waals surface area contributed by atoms with Crippen LogP contribution in [0, 0.1) is 0 Å². The molecule has 0 aliphatic carbocycles. The number of nitrogens with one attached hydrogen (secondary N) is 1. The maximum Gasteiger partial charge on any atom is 0.0593 e. The van der Waals surface area contributed by atoms with E-state index in [1.807, 2.05) is 0 Å². The summed E-state index contributed by atoms with van der Waals surface area (Å²) in [5, 5.41) is 3.41. The molecule has 0 spiro atoms. The zero-order valence-corrected chi connectivity index (χ0v) is 8.30. The minimum absolute atomic E-state index is 0.822. The molecule has 2 aliphatic rings. The molecule has 0 aromatic rings. The van der Waals surface area contributed by atoms with E-state index in [1.54, 1.807) is 0 Å². The Morgan fingerprint density at radius 2 is 1.92 bits per heavy atom. The second-order valence-corrected chi connectivity index (χ2v) is 3.98. The molecule has 2 saturated heterocycles. The minimum atomic E-state index is 0.822. The van der Waals surface area contributed by atoms with E-state index in [4.69, 9.17) is 4.74 Å². The monoisotopic (exact) mass is 184 g/mol. The van der Waals surface area contributed by atoms with Crippen molar-refractivity contribution in [2.75, 3.05) is 39.4 Å². The maximum absolute atomic E-state index is 5.46. The van der Waals surface area contributed by atoms with Crippen LogP contribution in [0.15, 0.2) is 0 Å². The number of nitrogens with zero attached hydrogens (tertiary/aromatic N) is 1. The van der Waals surface area contributed by atoms with Crippen LogP contribution in [0.3, 0.4) is 0 Å². The quantitative estimate of drug-likeness (QED) is 0.641. The average Bonchev–Trinajstić information content (AvgIpc) is 2.47. The lowest BCUT2D eigenvalue weighted by atomic mass is 10.0. The SMILES string of the molecule is C1COCCN(C2CCNCC2)C1. The van der Waals surface area contributed by atoms with Gasteiger partial charge in [-0.05, 0) is 32.4 Å². The van der Waals surface area contributed by atoms with E-state index in [0.717, 1.165) is 25.8 Å². The first kappa shape index (κ1) is 9.44. The van der Waals surface area contributed by atoms with E-state index in [1.165, 1.54) is 38.9 Å². The molecule has 0 aromatic carbocycles. The first-order chi connectivity index (χ1) is 6.47. The molecular formula is C10H20N2O. The molecule has 2 fully saturated rings. The molecule has 3 nitrogen and oxygen atoms in total. The van der Waals surface area contributed by atoms with Crippen LogP contribution in [-0.4, -0.2) is 50.3 Å². The first-order valence-corrected chi connectivity index (χ1v) is 5.49. The standard InChI is InChI=1S/C10H20N2O/c1-6-12(7-9-13-8-1)10-2-4-11-5-3-10/h10-11H,1-9H2. The fourth-order valence-corrected chi connectivity index (χ4v) is 2.30. The van der Waals surface area contributed by atoms with Gasteiger partial charge in [-0.15, -0.1) is 0 Å². The minimum Gasteiger partial charge on any atom is -0.380 e. The molecule has 2 heterocycles. The summed E-state index contributed by atoms with van der Waals surface area (Å²) in [6.07, 6.45) is 3.85.